The molecule has 0 aliphatic heterocycles. The highest BCUT2D eigenvalue weighted by molar-refractivity contribution is 6.35. The molecule has 0 saturated carbocycles. The van der Waals surface area contributed by atoms with E-state index in [1.807, 2.05) is 0 Å². The highest BCUT2D eigenvalue weighted by atomic mass is 28.2. The van der Waals surface area contributed by atoms with Gasteiger partial charge >= 0.3 is 0 Å². The molecule has 2 radical (unpaired) electrons. The van der Waals surface area contributed by atoms with Crippen LogP contribution in [0.5, 0.6) is 0 Å². The van der Waals surface area contributed by atoms with Crippen molar-refractivity contribution < 1.29 is 0 Å². The average Bonchev–Trinajstić information content (AvgIpc) is 1.81. The van der Waals surface area contributed by atoms with Crippen LogP contribution in [0.2, 0.25) is 12.1 Å². The van der Waals surface area contributed by atoms with Crippen LogP contribution >= 0.6 is 0 Å². The number of rotatable bonds is 5. The fourth-order valence-corrected chi connectivity index (χ4v) is 1.81. The van der Waals surface area contributed by atoms with Crippen molar-refractivity contribution in [1.82, 2.24) is 0 Å². The summed E-state index contributed by atoms with van der Waals surface area (Å²) in [6.07, 6.45) is 4.19. The van der Waals surface area contributed by atoms with E-state index in [1.54, 1.807) is 0 Å². The predicted molar refractivity (Wildman–Crippen MR) is 40.6 cm³/mol. The zero-order chi connectivity index (χ0) is 6.24. The van der Waals surface area contributed by atoms with Crippen LogP contribution in [0.1, 0.15) is 33.1 Å². The lowest BCUT2D eigenvalue weighted by molar-refractivity contribution is 0.874. The smallest absolute Gasteiger partial charge is 0.0377 e. The van der Waals surface area contributed by atoms with Crippen molar-refractivity contribution in [2.45, 2.75) is 45.2 Å². The summed E-state index contributed by atoms with van der Waals surface area (Å²) < 4.78 is 0. The molecule has 0 aliphatic rings. The van der Waals surface area contributed by atoms with Crippen LogP contribution in [0.15, 0.2) is 0 Å². The molecular weight excluding hydrogens is 112 g/mol. The Kier molecular flexibility index (Phi) is 7.41. The molecule has 0 aromatic heterocycles. The highest BCUT2D eigenvalue weighted by Gasteiger charge is 1.85. The first-order valence-electron chi connectivity index (χ1n) is 3.62. The van der Waals surface area contributed by atoms with E-state index in [1.165, 1.54) is 40.9 Å². The SMILES string of the molecule is CCCC[Si]CCC. The Morgan fingerprint density at radius 2 is 1.75 bits per heavy atom. The third-order valence-corrected chi connectivity index (χ3v) is 2.69. The van der Waals surface area contributed by atoms with E-state index >= 15 is 0 Å². The Bertz CT molecular complexity index is 29.4. The lowest BCUT2D eigenvalue weighted by Crippen LogP contribution is -1.85. The molecule has 0 nitrogen and oxygen atoms in total. The Labute approximate surface area is 55.5 Å². The van der Waals surface area contributed by atoms with Gasteiger partial charge in [-0.1, -0.05) is 45.2 Å². The van der Waals surface area contributed by atoms with Gasteiger partial charge < -0.3 is 0 Å². The summed E-state index contributed by atoms with van der Waals surface area (Å²) in [6.45, 7) is 4.52. The second-order valence-corrected chi connectivity index (χ2v) is 3.60. The second-order valence-electron chi connectivity index (χ2n) is 2.10. The molecule has 8 heavy (non-hydrogen) atoms. The molecule has 48 valence electrons. The van der Waals surface area contributed by atoms with Gasteiger partial charge in [0.05, 0.1) is 0 Å². The predicted octanol–water partition coefficient (Wildman–Crippen LogP) is 2.74. The summed E-state index contributed by atoms with van der Waals surface area (Å²) in [5.74, 6) is 0. The number of hydrogen-bond donors (Lipinski definition) is 0. The van der Waals surface area contributed by atoms with E-state index in [9.17, 15) is 0 Å². The van der Waals surface area contributed by atoms with E-state index in [4.69, 9.17) is 0 Å². The molecule has 0 amide bonds. The minimum atomic E-state index is 1.24. The Morgan fingerprint density at radius 3 is 2.25 bits per heavy atom. The van der Waals surface area contributed by atoms with Crippen molar-refractivity contribution in [2.24, 2.45) is 0 Å². The maximum absolute atomic E-state index is 2.26. The molecule has 0 fully saturated rings. The topological polar surface area (TPSA) is 0 Å². The van der Waals surface area contributed by atoms with Crippen LogP contribution in [0, 0.1) is 0 Å². The van der Waals surface area contributed by atoms with Gasteiger partial charge in [-0.3, -0.25) is 0 Å². The van der Waals surface area contributed by atoms with Crippen LogP contribution in [0.25, 0.3) is 0 Å². The summed E-state index contributed by atoms with van der Waals surface area (Å²) >= 11 is 0. The Morgan fingerprint density at radius 1 is 1.00 bits per heavy atom. The third kappa shape index (κ3) is 6.22. The molecule has 0 aromatic carbocycles. The van der Waals surface area contributed by atoms with Crippen molar-refractivity contribution in [1.29, 1.82) is 0 Å². The van der Waals surface area contributed by atoms with Gasteiger partial charge in [-0.2, -0.15) is 0 Å². The molecule has 0 heterocycles. The first-order chi connectivity index (χ1) is 3.91. The van der Waals surface area contributed by atoms with Crippen molar-refractivity contribution in [3.63, 3.8) is 0 Å². The van der Waals surface area contributed by atoms with Gasteiger partial charge in [-0.15, -0.1) is 0 Å². The Hall–Kier alpha value is 0.217. The lowest BCUT2D eigenvalue weighted by Gasteiger charge is -1.92. The van der Waals surface area contributed by atoms with E-state index in [0.29, 0.717) is 0 Å². The zero-order valence-corrected chi connectivity index (χ0v) is 7.04. The molecule has 1 heteroatoms. The van der Waals surface area contributed by atoms with Crippen LogP contribution in [0.4, 0.5) is 0 Å². The van der Waals surface area contributed by atoms with E-state index < -0.39 is 0 Å². The summed E-state index contributed by atoms with van der Waals surface area (Å²) in [5.41, 5.74) is 0. The first kappa shape index (κ1) is 8.22. The molecule has 0 aromatic rings. The van der Waals surface area contributed by atoms with E-state index in [0.717, 1.165) is 0 Å². The largest absolute Gasteiger partial charge is 0.0657 e. The van der Waals surface area contributed by atoms with Crippen molar-refractivity contribution in [2.75, 3.05) is 0 Å². The summed E-state index contributed by atoms with van der Waals surface area (Å²) in [5, 5.41) is 0. The quantitative estimate of drug-likeness (QED) is 0.394. The maximum Gasteiger partial charge on any atom is 0.0377 e. The lowest BCUT2D eigenvalue weighted by atomic mass is 10.4. The third-order valence-electron chi connectivity index (χ3n) is 1.13. The monoisotopic (exact) mass is 128 g/mol. The zero-order valence-electron chi connectivity index (χ0n) is 6.04. The molecule has 0 unspecified atom stereocenters. The highest BCUT2D eigenvalue weighted by Crippen LogP contribution is 1.97. The van der Waals surface area contributed by atoms with Crippen LogP contribution in [-0.2, 0) is 0 Å². The molecule has 0 spiro atoms. The van der Waals surface area contributed by atoms with E-state index in [-0.39, 0.29) is 0 Å². The molecular formula is C7H16Si. The molecule has 0 saturated heterocycles. The normalized spacial score (nSPS) is 9.75. The van der Waals surface area contributed by atoms with Gasteiger partial charge in [0.15, 0.2) is 0 Å². The van der Waals surface area contributed by atoms with Gasteiger partial charge in [-0.05, 0) is 0 Å². The van der Waals surface area contributed by atoms with Gasteiger partial charge in [0.25, 0.3) is 0 Å². The molecule has 0 N–H and O–H groups in total. The molecule has 0 atom stereocenters. The standard InChI is InChI=1S/C7H16Si/c1-3-5-7-8-6-4-2/h3-7H2,1-2H3. The van der Waals surface area contributed by atoms with Gasteiger partial charge in [0.2, 0.25) is 0 Å². The summed E-state index contributed by atoms with van der Waals surface area (Å²) in [6, 6.07) is 2.93. The van der Waals surface area contributed by atoms with Crippen LogP contribution in [-0.4, -0.2) is 9.52 Å². The Balaban J connectivity index is 2.53. The molecule has 0 rings (SSSR count). The van der Waals surface area contributed by atoms with E-state index in [2.05, 4.69) is 13.8 Å². The summed E-state index contributed by atoms with van der Waals surface area (Å²) in [4.78, 5) is 0. The fourth-order valence-electron chi connectivity index (χ4n) is 0.604. The van der Waals surface area contributed by atoms with Gasteiger partial charge in [0.1, 0.15) is 0 Å². The van der Waals surface area contributed by atoms with Crippen LogP contribution < -0.4 is 0 Å². The minimum absolute atomic E-state index is 1.24. The molecule has 0 bridgehead atoms. The van der Waals surface area contributed by atoms with Gasteiger partial charge in [0, 0.05) is 9.52 Å². The van der Waals surface area contributed by atoms with Crippen molar-refractivity contribution >= 4 is 9.52 Å². The fraction of sp³-hybridized carbons (Fsp3) is 1.00. The first-order valence-corrected chi connectivity index (χ1v) is 5.04. The minimum Gasteiger partial charge on any atom is -0.0657 e. The van der Waals surface area contributed by atoms with Crippen molar-refractivity contribution in [3.8, 4) is 0 Å². The van der Waals surface area contributed by atoms with Crippen LogP contribution in [0.3, 0.4) is 0 Å². The number of hydrogen-bond acceptors (Lipinski definition) is 0. The van der Waals surface area contributed by atoms with Crippen molar-refractivity contribution in [3.05, 3.63) is 0 Å². The summed E-state index contributed by atoms with van der Waals surface area (Å²) in [7, 11) is 1.24. The van der Waals surface area contributed by atoms with Gasteiger partial charge in [-0.25, -0.2) is 0 Å². The number of unbranched alkanes of at least 4 members (excludes halogenated alkanes) is 1. The average molecular weight is 128 g/mol. The maximum atomic E-state index is 2.26. The second kappa shape index (κ2) is 7.22. The molecule has 0 aliphatic carbocycles.